The summed E-state index contributed by atoms with van der Waals surface area (Å²) < 4.78 is 59.3. The molecule has 0 radical (unpaired) electrons. The highest BCUT2D eigenvalue weighted by atomic mass is 19.4. The largest absolute Gasteiger partial charge is 0.573 e. The summed E-state index contributed by atoms with van der Waals surface area (Å²) >= 11 is 0. The molecule has 1 aliphatic heterocycles. The zero-order chi connectivity index (χ0) is 27.7. The smallest absolute Gasteiger partial charge is 0.437 e. The number of carbonyl (C=O) groups excluding carboxylic acids is 1. The molecular formula is C26H27BF3N3O5. The Balaban J connectivity index is 1.46. The number of carbonyl (C=O) groups is 1. The van der Waals surface area contributed by atoms with Crippen molar-refractivity contribution in [2.24, 2.45) is 0 Å². The van der Waals surface area contributed by atoms with Crippen LogP contribution < -0.4 is 25.6 Å². The van der Waals surface area contributed by atoms with Gasteiger partial charge in [0.2, 0.25) is 5.88 Å². The Morgan fingerprint density at radius 2 is 1.61 bits per heavy atom. The fourth-order valence-corrected chi connectivity index (χ4v) is 3.66. The van der Waals surface area contributed by atoms with Gasteiger partial charge in [0.1, 0.15) is 17.2 Å². The van der Waals surface area contributed by atoms with Gasteiger partial charge in [0, 0.05) is 11.9 Å². The van der Waals surface area contributed by atoms with Gasteiger partial charge in [-0.15, -0.1) is 13.2 Å². The molecule has 4 rings (SSSR count). The van der Waals surface area contributed by atoms with Crippen LogP contribution in [-0.4, -0.2) is 35.7 Å². The summed E-state index contributed by atoms with van der Waals surface area (Å²) in [6.45, 7) is 9.79. The van der Waals surface area contributed by atoms with Gasteiger partial charge in [-0.05, 0) is 88.1 Å². The van der Waals surface area contributed by atoms with Gasteiger partial charge >= 0.3 is 19.5 Å². The highest BCUT2D eigenvalue weighted by Gasteiger charge is 2.52. The van der Waals surface area contributed by atoms with Crippen LogP contribution in [0, 0.1) is 6.92 Å². The number of benzene rings is 2. The Labute approximate surface area is 218 Å². The van der Waals surface area contributed by atoms with E-state index in [1.807, 2.05) is 46.8 Å². The van der Waals surface area contributed by atoms with Crippen LogP contribution in [0.2, 0.25) is 0 Å². The molecular weight excluding hydrogens is 502 g/mol. The van der Waals surface area contributed by atoms with E-state index in [9.17, 15) is 18.0 Å². The van der Waals surface area contributed by atoms with Crippen LogP contribution in [0.25, 0.3) is 0 Å². The van der Waals surface area contributed by atoms with Crippen LogP contribution in [0.1, 0.15) is 33.3 Å². The minimum Gasteiger partial charge on any atom is -0.437 e. The quantitative estimate of drug-likeness (QED) is 0.380. The number of ether oxygens (including phenoxy) is 2. The molecule has 0 unspecified atom stereocenters. The van der Waals surface area contributed by atoms with Crippen molar-refractivity contribution in [2.75, 3.05) is 10.6 Å². The number of halogens is 3. The van der Waals surface area contributed by atoms with Crippen molar-refractivity contribution in [3.05, 3.63) is 66.4 Å². The maximum atomic E-state index is 12.6. The summed E-state index contributed by atoms with van der Waals surface area (Å²) in [5, 5.41) is 5.19. The lowest BCUT2D eigenvalue weighted by Gasteiger charge is -2.32. The second kappa shape index (κ2) is 10.2. The lowest BCUT2D eigenvalue weighted by Crippen LogP contribution is -2.41. The number of hydrogen-bond acceptors (Lipinski definition) is 6. The summed E-state index contributed by atoms with van der Waals surface area (Å²) in [5.74, 6) is 0.245. The van der Waals surface area contributed by atoms with Gasteiger partial charge in [0.05, 0.1) is 11.2 Å². The molecule has 8 nitrogen and oxygen atoms in total. The molecule has 2 aromatic carbocycles. The Morgan fingerprint density at radius 1 is 0.947 bits per heavy atom. The Bertz CT molecular complexity index is 1300. The Morgan fingerprint density at radius 3 is 2.24 bits per heavy atom. The lowest BCUT2D eigenvalue weighted by atomic mass is 9.76. The summed E-state index contributed by atoms with van der Waals surface area (Å²) in [4.78, 5) is 16.8. The normalized spacial score (nSPS) is 16.2. The molecule has 3 aromatic rings. The first-order valence-corrected chi connectivity index (χ1v) is 11.8. The van der Waals surface area contributed by atoms with Crippen molar-refractivity contribution in [3.63, 3.8) is 0 Å². The zero-order valence-corrected chi connectivity index (χ0v) is 21.5. The van der Waals surface area contributed by atoms with E-state index in [2.05, 4.69) is 20.4 Å². The second-order valence-electron chi connectivity index (χ2n) is 9.67. The zero-order valence-electron chi connectivity index (χ0n) is 21.5. The van der Waals surface area contributed by atoms with Gasteiger partial charge < -0.3 is 29.4 Å². The fourth-order valence-electron chi connectivity index (χ4n) is 3.66. The second-order valence-corrected chi connectivity index (χ2v) is 9.67. The topological polar surface area (TPSA) is 90.9 Å². The summed E-state index contributed by atoms with van der Waals surface area (Å²) in [6, 6.07) is 12.8. The summed E-state index contributed by atoms with van der Waals surface area (Å²) in [5.41, 5.74) is 1.13. The first-order valence-electron chi connectivity index (χ1n) is 11.8. The molecule has 12 heteroatoms. The van der Waals surface area contributed by atoms with Gasteiger partial charge in [-0.1, -0.05) is 12.1 Å². The van der Waals surface area contributed by atoms with Crippen LogP contribution in [0.5, 0.6) is 17.4 Å². The molecule has 0 saturated carbocycles. The van der Waals surface area contributed by atoms with Gasteiger partial charge in [-0.3, -0.25) is 0 Å². The van der Waals surface area contributed by atoms with E-state index in [0.717, 1.165) is 23.2 Å². The molecule has 0 spiro atoms. The standard InChI is InChI=1S/C26H27BF3N3O5/c1-16-19(27-37-24(2,3)25(4,5)38-27)8-6-10-21(16)35-22-20(9-7-15-31-22)33-23(34)32-17-11-13-18(14-12-17)36-26(28,29)30/h6-15H,1-5H3,(H2,32,33,34). The number of pyridine rings is 1. The molecule has 1 aliphatic rings. The molecule has 0 atom stereocenters. The van der Waals surface area contributed by atoms with E-state index in [1.54, 1.807) is 18.2 Å². The maximum Gasteiger partial charge on any atom is 0.573 e. The van der Waals surface area contributed by atoms with Crippen LogP contribution in [0.3, 0.4) is 0 Å². The molecule has 0 bridgehead atoms. The number of nitrogens with zero attached hydrogens (tertiary/aromatic N) is 1. The Hall–Kier alpha value is -3.77. The van der Waals surface area contributed by atoms with Gasteiger partial charge in [-0.25, -0.2) is 9.78 Å². The molecule has 2 heterocycles. The van der Waals surface area contributed by atoms with E-state index >= 15 is 0 Å². The average molecular weight is 529 g/mol. The van der Waals surface area contributed by atoms with Crippen LogP contribution >= 0.6 is 0 Å². The number of amides is 2. The predicted molar refractivity (Wildman–Crippen MR) is 137 cm³/mol. The molecule has 1 saturated heterocycles. The highest BCUT2D eigenvalue weighted by molar-refractivity contribution is 6.62. The predicted octanol–water partition coefficient (Wildman–Crippen LogP) is 6.02. The fraction of sp³-hybridized carbons (Fsp3) is 0.308. The number of hydrogen-bond donors (Lipinski definition) is 2. The summed E-state index contributed by atoms with van der Waals surface area (Å²) in [7, 11) is -0.580. The number of rotatable bonds is 6. The van der Waals surface area contributed by atoms with Crippen LogP contribution in [-0.2, 0) is 9.31 Å². The van der Waals surface area contributed by atoms with E-state index in [4.69, 9.17) is 14.0 Å². The van der Waals surface area contributed by atoms with Gasteiger partial charge in [0.15, 0.2) is 0 Å². The number of urea groups is 1. The van der Waals surface area contributed by atoms with Crippen molar-refractivity contribution < 1.29 is 36.7 Å². The van der Waals surface area contributed by atoms with E-state index in [1.165, 1.54) is 18.3 Å². The minimum absolute atomic E-state index is 0.144. The number of anilines is 2. The van der Waals surface area contributed by atoms with Crippen molar-refractivity contribution >= 4 is 30.0 Å². The molecule has 200 valence electrons. The maximum absolute atomic E-state index is 12.6. The molecule has 1 fully saturated rings. The first kappa shape index (κ1) is 27.3. The van der Waals surface area contributed by atoms with Crippen molar-refractivity contribution in [1.29, 1.82) is 0 Å². The van der Waals surface area contributed by atoms with Crippen molar-refractivity contribution in [2.45, 2.75) is 52.2 Å². The third-order valence-corrected chi connectivity index (χ3v) is 6.40. The van der Waals surface area contributed by atoms with E-state index < -0.39 is 36.5 Å². The van der Waals surface area contributed by atoms with Gasteiger partial charge in [-0.2, -0.15) is 0 Å². The van der Waals surface area contributed by atoms with E-state index in [-0.39, 0.29) is 17.3 Å². The molecule has 2 N–H and O–H groups in total. The van der Waals surface area contributed by atoms with Crippen LogP contribution in [0.15, 0.2) is 60.8 Å². The van der Waals surface area contributed by atoms with Crippen LogP contribution in [0.4, 0.5) is 29.3 Å². The molecule has 38 heavy (non-hydrogen) atoms. The molecule has 2 amide bonds. The Kier molecular flexibility index (Phi) is 7.31. The number of alkyl halides is 3. The van der Waals surface area contributed by atoms with Gasteiger partial charge in [0.25, 0.3) is 0 Å². The monoisotopic (exact) mass is 529 g/mol. The minimum atomic E-state index is -4.80. The molecule has 0 aliphatic carbocycles. The third kappa shape index (κ3) is 6.20. The highest BCUT2D eigenvalue weighted by Crippen LogP contribution is 2.37. The van der Waals surface area contributed by atoms with E-state index in [0.29, 0.717) is 5.75 Å². The van der Waals surface area contributed by atoms with Crippen molar-refractivity contribution in [1.82, 2.24) is 4.98 Å². The summed E-state index contributed by atoms with van der Waals surface area (Å²) in [6.07, 6.45) is -3.28. The van der Waals surface area contributed by atoms with Crippen molar-refractivity contribution in [3.8, 4) is 17.4 Å². The number of aromatic nitrogens is 1. The third-order valence-electron chi connectivity index (χ3n) is 6.40. The SMILES string of the molecule is Cc1c(Oc2ncccc2NC(=O)Nc2ccc(OC(F)(F)F)cc2)cccc1B1OC(C)(C)C(C)(C)O1. The lowest BCUT2D eigenvalue weighted by molar-refractivity contribution is -0.274. The molecule has 1 aromatic heterocycles. The average Bonchev–Trinajstić information content (AvgIpc) is 3.03. The first-order chi connectivity index (χ1) is 17.7. The number of nitrogens with one attached hydrogen (secondary N) is 2.